The summed E-state index contributed by atoms with van der Waals surface area (Å²) in [5.41, 5.74) is 13.8. The molecule has 1 aliphatic rings. The van der Waals surface area contributed by atoms with Crippen molar-refractivity contribution in [2.75, 3.05) is 23.7 Å². The molecule has 1 aromatic rings. The first kappa shape index (κ1) is 12.5. The van der Waals surface area contributed by atoms with Crippen molar-refractivity contribution in [1.82, 2.24) is 0 Å². The van der Waals surface area contributed by atoms with Crippen molar-refractivity contribution in [1.29, 1.82) is 0 Å². The van der Waals surface area contributed by atoms with E-state index in [1.165, 1.54) is 0 Å². The van der Waals surface area contributed by atoms with Gasteiger partial charge in [-0.15, -0.1) is 0 Å². The molecule has 3 nitrogen and oxygen atoms in total. The molecule has 17 heavy (non-hydrogen) atoms. The molecule has 1 atom stereocenters. The highest BCUT2D eigenvalue weighted by Crippen LogP contribution is 2.30. The van der Waals surface area contributed by atoms with Crippen molar-refractivity contribution in [3.05, 3.63) is 23.2 Å². The van der Waals surface area contributed by atoms with Crippen LogP contribution in [0.5, 0.6) is 0 Å². The second-order valence-corrected chi connectivity index (χ2v) is 5.32. The maximum absolute atomic E-state index is 6.00. The van der Waals surface area contributed by atoms with Crippen LogP contribution in [0, 0.1) is 5.92 Å². The summed E-state index contributed by atoms with van der Waals surface area (Å²) >= 11 is 5.91. The first-order chi connectivity index (χ1) is 8.08. The number of rotatable bonds is 2. The zero-order chi connectivity index (χ0) is 12.4. The maximum Gasteiger partial charge on any atom is 0.0600 e. The van der Waals surface area contributed by atoms with E-state index in [0.29, 0.717) is 17.0 Å². The van der Waals surface area contributed by atoms with Crippen LogP contribution in [0.2, 0.25) is 5.02 Å². The molecule has 0 radical (unpaired) electrons. The zero-order valence-corrected chi connectivity index (χ0v) is 11.0. The second-order valence-electron chi connectivity index (χ2n) is 4.89. The fraction of sp³-hybridized carbons (Fsp3) is 0.538. The Labute approximate surface area is 108 Å². The summed E-state index contributed by atoms with van der Waals surface area (Å²) in [6.07, 6.45) is 2.28. The minimum Gasteiger partial charge on any atom is -0.397 e. The molecule has 0 spiro atoms. The highest BCUT2D eigenvalue weighted by molar-refractivity contribution is 6.31. The molecular weight excluding hydrogens is 234 g/mol. The normalized spacial score (nSPS) is 19.4. The average Bonchev–Trinajstić information content (AvgIpc) is 2.29. The lowest BCUT2D eigenvalue weighted by Crippen LogP contribution is -2.39. The number of piperidine rings is 1. The van der Waals surface area contributed by atoms with Crippen LogP contribution < -0.4 is 16.4 Å². The van der Waals surface area contributed by atoms with E-state index in [1.54, 1.807) is 0 Å². The number of hydrogen-bond donors (Lipinski definition) is 2. The Hall–Kier alpha value is -0.930. The molecule has 4 N–H and O–H groups in total. The lowest BCUT2D eigenvalue weighted by atomic mass is 9.90. The molecule has 1 aliphatic heterocycles. The Morgan fingerprint density at radius 1 is 1.35 bits per heavy atom. The van der Waals surface area contributed by atoms with E-state index in [-0.39, 0.29) is 0 Å². The van der Waals surface area contributed by atoms with E-state index in [0.717, 1.165) is 37.3 Å². The van der Waals surface area contributed by atoms with Gasteiger partial charge < -0.3 is 16.4 Å². The number of anilines is 2. The van der Waals surface area contributed by atoms with Crippen LogP contribution >= 0.6 is 11.6 Å². The van der Waals surface area contributed by atoms with Crippen LogP contribution in [0.4, 0.5) is 11.4 Å². The average molecular weight is 254 g/mol. The summed E-state index contributed by atoms with van der Waals surface area (Å²) in [5.74, 6) is 0.639. The molecule has 0 aromatic heterocycles. The molecule has 94 valence electrons. The van der Waals surface area contributed by atoms with Gasteiger partial charge in [0.05, 0.1) is 11.4 Å². The van der Waals surface area contributed by atoms with E-state index in [2.05, 4.69) is 11.8 Å². The van der Waals surface area contributed by atoms with E-state index in [1.807, 2.05) is 18.2 Å². The van der Waals surface area contributed by atoms with Crippen molar-refractivity contribution in [2.45, 2.75) is 25.8 Å². The smallest absolute Gasteiger partial charge is 0.0600 e. The van der Waals surface area contributed by atoms with E-state index in [4.69, 9.17) is 23.1 Å². The molecule has 1 unspecified atom stereocenters. The second kappa shape index (κ2) is 5.15. The van der Waals surface area contributed by atoms with Crippen molar-refractivity contribution in [3.8, 4) is 0 Å². The minimum atomic E-state index is 0.291. The summed E-state index contributed by atoms with van der Waals surface area (Å²) in [5, 5.41) is 0.691. The monoisotopic (exact) mass is 253 g/mol. The van der Waals surface area contributed by atoms with Crippen molar-refractivity contribution >= 4 is 23.0 Å². The number of nitrogens with two attached hydrogens (primary N) is 2. The summed E-state index contributed by atoms with van der Waals surface area (Å²) < 4.78 is 0. The molecule has 0 bridgehead atoms. The standard InChI is InChI=1S/C13H20ClN3/c1-9(15)10-4-6-17(7-5-10)13-3-2-11(14)8-12(13)16/h2-3,8-10H,4-7,15-16H2,1H3. The Morgan fingerprint density at radius 3 is 2.53 bits per heavy atom. The molecule has 1 aromatic carbocycles. The van der Waals surface area contributed by atoms with Crippen LogP contribution in [0.3, 0.4) is 0 Å². The maximum atomic E-state index is 6.00. The molecule has 0 aliphatic carbocycles. The topological polar surface area (TPSA) is 55.3 Å². The fourth-order valence-corrected chi connectivity index (χ4v) is 2.66. The van der Waals surface area contributed by atoms with E-state index in [9.17, 15) is 0 Å². The SMILES string of the molecule is CC(N)C1CCN(c2ccc(Cl)cc2N)CC1. The van der Waals surface area contributed by atoms with Gasteiger partial charge in [-0.2, -0.15) is 0 Å². The molecule has 1 fully saturated rings. The molecular formula is C13H20ClN3. The van der Waals surface area contributed by atoms with Crippen molar-refractivity contribution < 1.29 is 0 Å². The van der Waals surface area contributed by atoms with Crippen LogP contribution in [0.25, 0.3) is 0 Å². The van der Waals surface area contributed by atoms with Gasteiger partial charge in [-0.05, 0) is 43.9 Å². The molecule has 1 heterocycles. The zero-order valence-electron chi connectivity index (χ0n) is 10.2. The van der Waals surface area contributed by atoms with Crippen LogP contribution in [0.15, 0.2) is 18.2 Å². The largest absolute Gasteiger partial charge is 0.397 e. The lowest BCUT2D eigenvalue weighted by Gasteiger charge is -2.35. The predicted molar refractivity (Wildman–Crippen MR) is 74.5 cm³/mol. The quantitative estimate of drug-likeness (QED) is 0.797. The summed E-state index contributed by atoms with van der Waals surface area (Å²) in [6, 6.07) is 6.00. The highest BCUT2D eigenvalue weighted by Gasteiger charge is 2.22. The third-order valence-electron chi connectivity index (χ3n) is 3.61. The van der Waals surface area contributed by atoms with Gasteiger partial charge in [0.15, 0.2) is 0 Å². The molecule has 1 saturated heterocycles. The van der Waals surface area contributed by atoms with Crippen LogP contribution in [0.1, 0.15) is 19.8 Å². The first-order valence-corrected chi connectivity index (χ1v) is 6.51. The Balaban J connectivity index is 2.05. The number of hydrogen-bond acceptors (Lipinski definition) is 3. The Bertz CT molecular complexity index is 384. The van der Waals surface area contributed by atoms with Gasteiger partial charge in [-0.25, -0.2) is 0 Å². The van der Waals surface area contributed by atoms with Crippen LogP contribution in [-0.4, -0.2) is 19.1 Å². The lowest BCUT2D eigenvalue weighted by molar-refractivity contribution is 0.354. The molecule has 4 heteroatoms. The van der Waals surface area contributed by atoms with Gasteiger partial charge in [-0.3, -0.25) is 0 Å². The third-order valence-corrected chi connectivity index (χ3v) is 3.85. The summed E-state index contributed by atoms with van der Waals surface area (Å²) in [4.78, 5) is 2.32. The Morgan fingerprint density at radius 2 is 2.00 bits per heavy atom. The van der Waals surface area contributed by atoms with Gasteiger partial charge in [-0.1, -0.05) is 11.6 Å². The highest BCUT2D eigenvalue weighted by atomic mass is 35.5. The fourth-order valence-electron chi connectivity index (χ4n) is 2.48. The minimum absolute atomic E-state index is 0.291. The van der Waals surface area contributed by atoms with E-state index >= 15 is 0 Å². The van der Waals surface area contributed by atoms with Crippen molar-refractivity contribution in [2.24, 2.45) is 11.7 Å². The third kappa shape index (κ3) is 2.85. The number of halogens is 1. The molecule has 0 saturated carbocycles. The Kier molecular flexibility index (Phi) is 3.79. The van der Waals surface area contributed by atoms with Crippen LogP contribution in [-0.2, 0) is 0 Å². The van der Waals surface area contributed by atoms with Gasteiger partial charge in [0.2, 0.25) is 0 Å². The van der Waals surface area contributed by atoms with Gasteiger partial charge in [0.25, 0.3) is 0 Å². The predicted octanol–water partition coefficient (Wildman–Crippen LogP) is 2.49. The van der Waals surface area contributed by atoms with Gasteiger partial charge in [0.1, 0.15) is 0 Å². The van der Waals surface area contributed by atoms with E-state index < -0.39 is 0 Å². The van der Waals surface area contributed by atoms with Crippen molar-refractivity contribution in [3.63, 3.8) is 0 Å². The molecule has 2 rings (SSSR count). The number of nitrogen functional groups attached to an aromatic ring is 1. The van der Waals surface area contributed by atoms with Gasteiger partial charge in [0, 0.05) is 24.2 Å². The molecule has 0 amide bonds. The first-order valence-electron chi connectivity index (χ1n) is 6.13. The van der Waals surface area contributed by atoms with Gasteiger partial charge >= 0.3 is 0 Å². The number of nitrogens with zero attached hydrogens (tertiary/aromatic N) is 1. The summed E-state index contributed by atoms with van der Waals surface area (Å²) in [7, 11) is 0. The number of benzene rings is 1. The summed E-state index contributed by atoms with van der Waals surface area (Å²) in [6.45, 7) is 4.15.